The summed E-state index contributed by atoms with van der Waals surface area (Å²) in [6.45, 7) is 1.99. The van der Waals surface area contributed by atoms with Crippen LogP contribution in [0.4, 0.5) is 10.8 Å². The SMILES string of the molecule is COc1ccc(CN(C)C(=O)/C=C/c2csc(N(C(C)=O)c3ccccc3)n2)cc1. The van der Waals surface area contributed by atoms with Gasteiger partial charge in [-0.15, -0.1) is 11.3 Å². The van der Waals surface area contributed by atoms with Crippen molar-refractivity contribution in [2.24, 2.45) is 0 Å². The predicted octanol–water partition coefficient (Wildman–Crippen LogP) is 4.51. The molecule has 0 saturated carbocycles. The highest BCUT2D eigenvalue weighted by Gasteiger charge is 2.17. The first-order valence-electron chi connectivity index (χ1n) is 9.35. The standard InChI is InChI=1S/C23H23N3O3S/c1-17(27)26(20-7-5-4-6-8-20)23-24-19(16-30-23)11-14-22(28)25(2)15-18-9-12-21(29-3)13-10-18/h4-14,16H,15H2,1-3H3/b14-11+. The number of anilines is 2. The molecule has 2 amide bonds. The van der Waals surface area contributed by atoms with Crippen LogP contribution in [0.3, 0.4) is 0 Å². The van der Waals surface area contributed by atoms with E-state index in [9.17, 15) is 9.59 Å². The number of ether oxygens (including phenoxy) is 1. The minimum absolute atomic E-state index is 0.124. The van der Waals surface area contributed by atoms with Crippen molar-refractivity contribution in [3.8, 4) is 5.75 Å². The third-order valence-corrected chi connectivity index (χ3v) is 5.23. The van der Waals surface area contributed by atoms with Crippen molar-refractivity contribution in [3.63, 3.8) is 0 Å². The Morgan fingerprint density at radius 2 is 1.80 bits per heavy atom. The number of hydrogen-bond donors (Lipinski definition) is 0. The van der Waals surface area contributed by atoms with Gasteiger partial charge in [-0.25, -0.2) is 4.98 Å². The smallest absolute Gasteiger partial charge is 0.246 e. The van der Waals surface area contributed by atoms with E-state index in [1.807, 2.05) is 60.0 Å². The van der Waals surface area contributed by atoms with Gasteiger partial charge in [0.25, 0.3) is 0 Å². The molecule has 3 aromatic rings. The fourth-order valence-electron chi connectivity index (χ4n) is 2.83. The molecule has 0 fully saturated rings. The third-order valence-electron chi connectivity index (χ3n) is 4.38. The summed E-state index contributed by atoms with van der Waals surface area (Å²) in [4.78, 5) is 32.2. The van der Waals surface area contributed by atoms with Crippen molar-refractivity contribution in [1.29, 1.82) is 0 Å². The van der Waals surface area contributed by atoms with E-state index in [1.54, 1.807) is 30.0 Å². The molecule has 0 aliphatic rings. The second-order valence-electron chi connectivity index (χ2n) is 6.62. The Morgan fingerprint density at radius 1 is 1.10 bits per heavy atom. The van der Waals surface area contributed by atoms with Crippen molar-refractivity contribution >= 4 is 40.0 Å². The summed E-state index contributed by atoms with van der Waals surface area (Å²) in [5.74, 6) is 0.523. The van der Waals surface area contributed by atoms with Crippen LogP contribution in [0.15, 0.2) is 66.1 Å². The molecule has 7 heteroatoms. The number of rotatable bonds is 7. The van der Waals surface area contributed by atoms with Crippen LogP contribution >= 0.6 is 11.3 Å². The molecule has 0 bridgehead atoms. The molecule has 154 valence electrons. The number of carbonyl (C=O) groups is 2. The van der Waals surface area contributed by atoms with Crippen LogP contribution in [-0.2, 0) is 16.1 Å². The molecular formula is C23H23N3O3S. The Kier molecular flexibility index (Phi) is 6.98. The normalized spacial score (nSPS) is 10.8. The zero-order valence-corrected chi connectivity index (χ0v) is 17.9. The van der Waals surface area contributed by atoms with Gasteiger partial charge in [0.1, 0.15) is 5.75 Å². The summed E-state index contributed by atoms with van der Waals surface area (Å²) < 4.78 is 5.15. The van der Waals surface area contributed by atoms with Gasteiger partial charge in [0.05, 0.1) is 18.5 Å². The molecule has 0 aliphatic carbocycles. The van der Waals surface area contributed by atoms with Crippen molar-refractivity contribution in [2.45, 2.75) is 13.5 Å². The van der Waals surface area contributed by atoms with Crippen molar-refractivity contribution in [2.75, 3.05) is 19.1 Å². The van der Waals surface area contributed by atoms with Gasteiger partial charge in [-0.1, -0.05) is 30.3 Å². The molecule has 6 nitrogen and oxygen atoms in total. The monoisotopic (exact) mass is 421 g/mol. The highest BCUT2D eigenvalue weighted by Crippen LogP contribution is 2.29. The zero-order chi connectivity index (χ0) is 21.5. The Hall–Kier alpha value is -3.45. The lowest BCUT2D eigenvalue weighted by Gasteiger charge is -2.17. The van der Waals surface area contributed by atoms with Gasteiger partial charge < -0.3 is 9.64 Å². The minimum atomic E-state index is -0.133. The highest BCUT2D eigenvalue weighted by molar-refractivity contribution is 7.14. The van der Waals surface area contributed by atoms with Gasteiger partial charge in [0.15, 0.2) is 5.13 Å². The van der Waals surface area contributed by atoms with Gasteiger partial charge in [-0.05, 0) is 35.9 Å². The van der Waals surface area contributed by atoms with Gasteiger partial charge in [-0.3, -0.25) is 14.5 Å². The third kappa shape index (κ3) is 5.33. The van der Waals surface area contributed by atoms with E-state index in [0.717, 1.165) is 17.0 Å². The number of methoxy groups -OCH3 is 1. The summed E-state index contributed by atoms with van der Waals surface area (Å²) >= 11 is 1.35. The van der Waals surface area contributed by atoms with Crippen LogP contribution in [0.5, 0.6) is 5.75 Å². The molecule has 2 aromatic carbocycles. The van der Waals surface area contributed by atoms with Crippen LogP contribution in [0.1, 0.15) is 18.2 Å². The summed E-state index contributed by atoms with van der Waals surface area (Å²) in [7, 11) is 3.37. The van der Waals surface area contributed by atoms with E-state index in [4.69, 9.17) is 4.74 Å². The number of carbonyl (C=O) groups excluding carboxylic acids is 2. The fraction of sp³-hybridized carbons (Fsp3) is 0.174. The lowest BCUT2D eigenvalue weighted by molar-refractivity contribution is -0.125. The van der Waals surface area contributed by atoms with E-state index >= 15 is 0 Å². The average molecular weight is 422 g/mol. The maximum absolute atomic E-state index is 12.4. The number of aromatic nitrogens is 1. The molecule has 0 saturated heterocycles. The molecule has 0 atom stereocenters. The summed E-state index contributed by atoms with van der Waals surface area (Å²) in [5.41, 5.74) is 2.39. The van der Waals surface area contributed by atoms with E-state index in [-0.39, 0.29) is 11.8 Å². The lowest BCUT2D eigenvalue weighted by atomic mass is 10.2. The molecule has 0 unspecified atom stereocenters. The van der Waals surface area contributed by atoms with Gasteiger partial charge in [-0.2, -0.15) is 0 Å². The molecule has 3 rings (SSSR count). The predicted molar refractivity (Wildman–Crippen MR) is 120 cm³/mol. The topological polar surface area (TPSA) is 62.7 Å². The molecular weight excluding hydrogens is 398 g/mol. The van der Waals surface area contributed by atoms with Crippen LogP contribution in [-0.4, -0.2) is 35.9 Å². The van der Waals surface area contributed by atoms with Gasteiger partial charge in [0.2, 0.25) is 11.8 Å². The Bertz CT molecular complexity index is 1030. The fourth-order valence-corrected chi connectivity index (χ4v) is 3.68. The first-order chi connectivity index (χ1) is 14.5. The van der Waals surface area contributed by atoms with Crippen molar-refractivity contribution in [1.82, 2.24) is 9.88 Å². The van der Waals surface area contributed by atoms with E-state index in [0.29, 0.717) is 17.4 Å². The van der Waals surface area contributed by atoms with Crippen LogP contribution < -0.4 is 9.64 Å². The number of benzene rings is 2. The van der Waals surface area contributed by atoms with Crippen molar-refractivity contribution < 1.29 is 14.3 Å². The highest BCUT2D eigenvalue weighted by atomic mass is 32.1. The van der Waals surface area contributed by atoms with Crippen LogP contribution in [0, 0.1) is 0 Å². The van der Waals surface area contributed by atoms with Crippen molar-refractivity contribution in [3.05, 3.63) is 77.3 Å². The maximum Gasteiger partial charge on any atom is 0.246 e. The number of amides is 2. The first kappa shape index (κ1) is 21.3. The number of para-hydroxylation sites is 1. The van der Waals surface area contributed by atoms with E-state index in [1.165, 1.54) is 24.3 Å². The van der Waals surface area contributed by atoms with E-state index < -0.39 is 0 Å². The van der Waals surface area contributed by atoms with Gasteiger partial charge >= 0.3 is 0 Å². The van der Waals surface area contributed by atoms with E-state index in [2.05, 4.69) is 4.98 Å². The number of likely N-dealkylation sites (N-methyl/N-ethyl adjacent to an activating group) is 1. The molecule has 0 N–H and O–H groups in total. The Balaban J connectivity index is 1.66. The van der Waals surface area contributed by atoms with Crippen LogP contribution in [0.2, 0.25) is 0 Å². The largest absolute Gasteiger partial charge is 0.497 e. The summed E-state index contributed by atoms with van der Waals surface area (Å²) in [6, 6.07) is 16.9. The Labute approximate surface area is 180 Å². The Morgan fingerprint density at radius 3 is 2.43 bits per heavy atom. The number of hydrogen-bond acceptors (Lipinski definition) is 5. The van der Waals surface area contributed by atoms with Gasteiger partial charge in [0, 0.05) is 32.0 Å². The lowest BCUT2D eigenvalue weighted by Crippen LogP contribution is -2.24. The molecule has 0 spiro atoms. The quantitative estimate of drug-likeness (QED) is 0.527. The first-order valence-corrected chi connectivity index (χ1v) is 10.2. The second kappa shape index (κ2) is 9.84. The zero-order valence-electron chi connectivity index (χ0n) is 17.1. The molecule has 30 heavy (non-hydrogen) atoms. The summed E-state index contributed by atoms with van der Waals surface area (Å²) in [5, 5.41) is 2.38. The molecule has 1 heterocycles. The molecule has 0 radical (unpaired) electrons. The summed E-state index contributed by atoms with van der Waals surface area (Å²) in [6.07, 6.45) is 3.15. The maximum atomic E-state index is 12.4. The second-order valence-corrected chi connectivity index (χ2v) is 7.46. The average Bonchev–Trinajstić information content (AvgIpc) is 3.21. The number of thiazole rings is 1. The minimum Gasteiger partial charge on any atom is -0.497 e. The molecule has 0 aliphatic heterocycles. The molecule has 1 aromatic heterocycles. The van der Waals surface area contributed by atoms with Crippen LogP contribution in [0.25, 0.3) is 6.08 Å². The number of nitrogens with zero attached hydrogens (tertiary/aromatic N) is 3.